The van der Waals surface area contributed by atoms with Crippen molar-refractivity contribution >= 4 is 39.8 Å². The molecule has 0 aliphatic heterocycles. The summed E-state index contributed by atoms with van der Waals surface area (Å²) >= 11 is 6.06. The number of nitrogens with one attached hydrogen (secondary N) is 1. The van der Waals surface area contributed by atoms with E-state index in [9.17, 15) is 14.9 Å². The monoisotopic (exact) mass is 406 g/mol. The summed E-state index contributed by atoms with van der Waals surface area (Å²) in [5.74, 6) is 0.0296. The average Bonchev–Trinajstić information content (AvgIpc) is 3.14. The molecule has 1 heterocycles. The number of fused-ring (bicyclic) bond motifs is 1. The van der Waals surface area contributed by atoms with Crippen LogP contribution in [0.1, 0.15) is 15.9 Å². The van der Waals surface area contributed by atoms with Crippen LogP contribution >= 0.6 is 11.6 Å². The minimum Gasteiger partial charge on any atom is -0.307 e. The van der Waals surface area contributed by atoms with Gasteiger partial charge in [-0.15, -0.1) is 0 Å². The molecule has 29 heavy (non-hydrogen) atoms. The normalized spacial score (nSPS) is 10.8. The Morgan fingerprint density at radius 2 is 1.90 bits per heavy atom. The molecule has 0 atom stereocenters. The van der Waals surface area contributed by atoms with Crippen LogP contribution in [0, 0.1) is 10.1 Å². The van der Waals surface area contributed by atoms with Crippen molar-refractivity contribution in [3.05, 3.63) is 99.2 Å². The third-order valence-electron chi connectivity index (χ3n) is 4.57. The van der Waals surface area contributed by atoms with Crippen molar-refractivity contribution in [2.45, 2.75) is 6.54 Å². The molecule has 0 spiro atoms. The van der Waals surface area contributed by atoms with Gasteiger partial charge in [-0.2, -0.15) is 5.10 Å². The molecule has 8 heteroatoms. The van der Waals surface area contributed by atoms with Gasteiger partial charge >= 0.3 is 0 Å². The van der Waals surface area contributed by atoms with E-state index >= 15 is 0 Å². The lowest BCUT2D eigenvalue weighted by Crippen LogP contribution is -2.16. The molecular weight excluding hydrogens is 392 g/mol. The third-order valence-corrected chi connectivity index (χ3v) is 4.88. The fourth-order valence-corrected chi connectivity index (χ4v) is 3.40. The molecule has 1 amide bonds. The van der Waals surface area contributed by atoms with Crippen LogP contribution in [-0.2, 0) is 6.54 Å². The van der Waals surface area contributed by atoms with Crippen molar-refractivity contribution in [2.75, 3.05) is 5.32 Å². The fraction of sp³-hybridized carbons (Fsp3) is 0.0476. The second-order valence-electron chi connectivity index (χ2n) is 6.39. The second kappa shape index (κ2) is 7.73. The van der Waals surface area contributed by atoms with Crippen LogP contribution < -0.4 is 5.32 Å². The number of benzene rings is 3. The highest BCUT2D eigenvalue weighted by Crippen LogP contribution is 2.24. The lowest BCUT2D eigenvalue weighted by molar-refractivity contribution is -0.384. The summed E-state index contributed by atoms with van der Waals surface area (Å²) in [6.45, 7) is 0.470. The van der Waals surface area contributed by atoms with E-state index in [1.54, 1.807) is 16.9 Å². The van der Waals surface area contributed by atoms with Gasteiger partial charge in [-0.25, -0.2) is 4.68 Å². The van der Waals surface area contributed by atoms with E-state index in [0.29, 0.717) is 12.4 Å². The minimum atomic E-state index is -0.563. The van der Waals surface area contributed by atoms with Crippen LogP contribution in [0.5, 0.6) is 0 Å². The quantitative estimate of drug-likeness (QED) is 0.377. The Morgan fingerprint density at radius 1 is 1.10 bits per heavy atom. The SMILES string of the molecule is O=C(Nc1ccnn1Cc1cccc2ccccc12)c1ccc([N+](=O)[O-])cc1Cl. The molecule has 0 saturated heterocycles. The van der Waals surface area contributed by atoms with Gasteiger partial charge in [0.05, 0.1) is 28.3 Å². The molecule has 144 valence electrons. The topological polar surface area (TPSA) is 90.1 Å². The number of non-ortho nitro benzene ring substituents is 1. The predicted octanol–water partition coefficient (Wildman–Crippen LogP) is 4.90. The van der Waals surface area contributed by atoms with E-state index in [-0.39, 0.29) is 16.3 Å². The molecule has 0 saturated carbocycles. The van der Waals surface area contributed by atoms with Crippen LogP contribution in [0.2, 0.25) is 5.02 Å². The van der Waals surface area contributed by atoms with Gasteiger partial charge in [0.2, 0.25) is 0 Å². The lowest BCUT2D eigenvalue weighted by Gasteiger charge is -2.11. The number of amides is 1. The summed E-state index contributed by atoms with van der Waals surface area (Å²) in [7, 11) is 0. The number of nitrogens with zero attached hydrogens (tertiary/aromatic N) is 3. The van der Waals surface area contributed by atoms with E-state index in [4.69, 9.17) is 11.6 Å². The summed E-state index contributed by atoms with van der Waals surface area (Å²) in [5, 5.41) is 20.2. The summed E-state index contributed by atoms with van der Waals surface area (Å²) < 4.78 is 1.68. The molecular formula is C21H15ClN4O3. The Morgan fingerprint density at radius 3 is 2.69 bits per heavy atom. The number of rotatable bonds is 5. The first kappa shape index (κ1) is 18.6. The molecule has 1 N–H and O–H groups in total. The first-order chi connectivity index (χ1) is 14.0. The van der Waals surface area contributed by atoms with Crippen LogP contribution in [0.4, 0.5) is 11.5 Å². The van der Waals surface area contributed by atoms with Crippen LogP contribution in [0.3, 0.4) is 0 Å². The van der Waals surface area contributed by atoms with E-state index in [1.165, 1.54) is 12.1 Å². The van der Waals surface area contributed by atoms with Crippen molar-refractivity contribution in [1.82, 2.24) is 9.78 Å². The van der Waals surface area contributed by atoms with Crippen molar-refractivity contribution in [3.8, 4) is 0 Å². The summed E-state index contributed by atoms with van der Waals surface area (Å²) in [5.41, 5.74) is 1.04. The van der Waals surface area contributed by atoms with Crippen LogP contribution in [0.15, 0.2) is 72.9 Å². The predicted molar refractivity (Wildman–Crippen MR) is 111 cm³/mol. The van der Waals surface area contributed by atoms with Crippen molar-refractivity contribution < 1.29 is 9.72 Å². The van der Waals surface area contributed by atoms with Gasteiger partial charge in [0.25, 0.3) is 11.6 Å². The molecule has 7 nitrogen and oxygen atoms in total. The number of hydrogen-bond donors (Lipinski definition) is 1. The van der Waals surface area contributed by atoms with Gasteiger partial charge in [-0.1, -0.05) is 54.1 Å². The Bertz CT molecular complexity index is 1230. The Labute approximate surface area is 170 Å². The van der Waals surface area contributed by atoms with Crippen molar-refractivity contribution in [1.29, 1.82) is 0 Å². The summed E-state index contributed by atoms with van der Waals surface area (Å²) in [6.07, 6.45) is 1.60. The number of hydrogen-bond acceptors (Lipinski definition) is 4. The Kier molecular flexibility index (Phi) is 4.97. The van der Waals surface area contributed by atoms with E-state index in [0.717, 1.165) is 22.4 Å². The van der Waals surface area contributed by atoms with E-state index in [2.05, 4.69) is 10.4 Å². The van der Waals surface area contributed by atoms with E-state index in [1.807, 2.05) is 42.5 Å². The molecule has 1 aromatic heterocycles. The standard InChI is InChI=1S/C21H15ClN4O3/c22-19-12-16(26(28)29)8-9-18(19)21(27)24-20-10-11-23-25(20)13-15-6-3-5-14-4-1-2-7-17(14)15/h1-12H,13H2,(H,24,27). The van der Waals surface area contributed by atoms with E-state index < -0.39 is 10.8 Å². The highest BCUT2D eigenvalue weighted by atomic mass is 35.5. The molecule has 0 radical (unpaired) electrons. The zero-order valence-corrected chi connectivity index (χ0v) is 15.8. The third kappa shape index (κ3) is 3.81. The highest BCUT2D eigenvalue weighted by Gasteiger charge is 2.16. The van der Waals surface area contributed by atoms with Gasteiger partial charge in [0.1, 0.15) is 5.82 Å². The Balaban J connectivity index is 1.58. The number of carbonyl (C=O) groups excluding carboxylic acids is 1. The van der Waals surface area contributed by atoms with Gasteiger partial charge in [0, 0.05) is 18.2 Å². The first-order valence-electron chi connectivity index (χ1n) is 8.76. The molecule has 0 bridgehead atoms. The zero-order chi connectivity index (χ0) is 20.4. The second-order valence-corrected chi connectivity index (χ2v) is 6.79. The number of anilines is 1. The number of halogens is 1. The fourth-order valence-electron chi connectivity index (χ4n) is 3.14. The minimum absolute atomic E-state index is 0.0109. The molecule has 4 aromatic rings. The molecule has 0 aliphatic carbocycles. The summed E-state index contributed by atoms with van der Waals surface area (Å²) in [4.78, 5) is 22.9. The smallest absolute Gasteiger partial charge is 0.270 e. The van der Waals surface area contributed by atoms with Gasteiger partial charge in [-0.3, -0.25) is 14.9 Å². The lowest BCUT2D eigenvalue weighted by atomic mass is 10.0. The summed E-state index contributed by atoms with van der Waals surface area (Å²) in [6, 6.07) is 19.5. The maximum atomic E-state index is 12.6. The average molecular weight is 407 g/mol. The van der Waals surface area contributed by atoms with Crippen LogP contribution in [0.25, 0.3) is 10.8 Å². The van der Waals surface area contributed by atoms with Crippen LogP contribution in [-0.4, -0.2) is 20.6 Å². The first-order valence-corrected chi connectivity index (χ1v) is 9.14. The van der Waals surface area contributed by atoms with Crippen molar-refractivity contribution in [3.63, 3.8) is 0 Å². The highest BCUT2D eigenvalue weighted by molar-refractivity contribution is 6.34. The molecule has 0 aliphatic rings. The number of nitro groups is 1. The molecule has 3 aromatic carbocycles. The van der Waals surface area contributed by atoms with Crippen molar-refractivity contribution in [2.24, 2.45) is 0 Å². The van der Waals surface area contributed by atoms with Gasteiger partial charge in [0.15, 0.2) is 0 Å². The van der Waals surface area contributed by atoms with Gasteiger partial charge < -0.3 is 5.32 Å². The molecule has 0 fully saturated rings. The van der Waals surface area contributed by atoms with Gasteiger partial charge in [-0.05, 0) is 22.4 Å². The zero-order valence-electron chi connectivity index (χ0n) is 15.1. The largest absolute Gasteiger partial charge is 0.307 e. The Hall–Kier alpha value is -3.71. The number of aromatic nitrogens is 2. The maximum absolute atomic E-state index is 12.6. The maximum Gasteiger partial charge on any atom is 0.270 e. The number of nitro benzene ring substituents is 1. The number of carbonyl (C=O) groups is 1. The molecule has 4 rings (SSSR count). The molecule has 0 unspecified atom stereocenters.